The van der Waals surface area contributed by atoms with Crippen molar-refractivity contribution in [3.8, 4) is 11.4 Å². The number of carbonyl (C=O) groups is 2. The lowest BCUT2D eigenvalue weighted by molar-refractivity contribution is -0.384. The molecule has 1 amide bonds. The maximum absolute atomic E-state index is 13.3. The summed E-state index contributed by atoms with van der Waals surface area (Å²) in [5, 5.41) is 14.8. The first-order chi connectivity index (χ1) is 20.2. The molecule has 4 rings (SSSR count). The number of nitrogens with zero attached hydrogens (tertiary/aromatic N) is 4. The molecule has 224 valence electrons. The lowest BCUT2D eigenvalue weighted by Crippen LogP contribution is -2.38. The molecule has 0 atom stereocenters. The summed E-state index contributed by atoms with van der Waals surface area (Å²) in [5.41, 5.74) is 1.29. The number of sulfonamides is 1. The van der Waals surface area contributed by atoms with Gasteiger partial charge in [0.15, 0.2) is 0 Å². The van der Waals surface area contributed by atoms with Crippen molar-refractivity contribution < 1.29 is 32.2 Å². The van der Waals surface area contributed by atoms with E-state index in [9.17, 15) is 28.1 Å². The van der Waals surface area contributed by atoms with Gasteiger partial charge >= 0.3 is 12.0 Å². The number of non-ortho nitro benzene ring substituents is 1. The molecule has 1 N–H and O–H groups in total. The van der Waals surface area contributed by atoms with Crippen molar-refractivity contribution in [2.45, 2.75) is 44.7 Å². The van der Waals surface area contributed by atoms with Crippen LogP contribution in [0.25, 0.3) is 11.4 Å². The van der Waals surface area contributed by atoms with Crippen molar-refractivity contribution in [3.63, 3.8) is 0 Å². The molecule has 1 aromatic heterocycles. The summed E-state index contributed by atoms with van der Waals surface area (Å²) in [4.78, 5) is 41.8. The largest absolute Gasteiger partial charge is 0.459 e. The summed E-state index contributed by atoms with van der Waals surface area (Å²) in [5.74, 6) is -1.01. The number of benzene rings is 3. The number of hydrogen-bond acceptors (Lipinski definition) is 10. The standard InChI is InChI=1S/C29H29N5O8S/c1-19-5-15-24(16-6-19)43(39,40)32-28-30-26(31-42-28)21-9-7-20(8-10-21)17-33(18-25(35)41-29(2,3)4)27(36)22-11-13-23(14-12-22)34(37)38/h5-16H,17-18H2,1-4H3,(H,30,31,32). The maximum atomic E-state index is 13.3. The summed E-state index contributed by atoms with van der Waals surface area (Å²) >= 11 is 0. The second kappa shape index (κ2) is 12.4. The van der Waals surface area contributed by atoms with E-state index in [0.29, 0.717) is 11.1 Å². The average Bonchev–Trinajstić information content (AvgIpc) is 3.39. The van der Waals surface area contributed by atoms with Gasteiger partial charge in [-0.3, -0.25) is 19.7 Å². The highest BCUT2D eigenvalue weighted by Gasteiger charge is 2.24. The molecule has 0 unspecified atom stereocenters. The molecule has 14 heteroatoms. The van der Waals surface area contributed by atoms with Gasteiger partial charge in [0.2, 0.25) is 5.82 Å². The lowest BCUT2D eigenvalue weighted by Gasteiger charge is -2.25. The first-order valence-electron chi connectivity index (χ1n) is 13.0. The van der Waals surface area contributed by atoms with Gasteiger partial charge in [0, 0.05) is 29.8 Å². The minimum Gasteiger partial charge on any atom is -0.459 e. The van der Waals surface area contributed by atoms with Crippen LogP contribution in [0, 0.1) is 17.0 Å². The second-order valence-electron chi connectivity index (χ2n) is 10.6. The third-order valence-corrected chi connectivity index (χ3v) is 7.25. The summed E-state index contributed by atoms with van der Waals surface area (Å²) in [6.45, 7) is 6.64. The quantitative estimate of drug-likeness (QED) is 0.151. The first-order valence-corrected chi connectivity index (χ1v) is 14.5. The highest BCUT2D eigenvalue weighted by Crippen LogP contribution is 2.22. The number of nitro groups is 1. The Bertz CT molecular complexity index is 1730. The molecule has 43 heavy (non-hydrogen) atoms. The molecule has 0 saturated heterocycles. The van der Waals surface area contributed by atoms with E-state index in [2.05, 4.69) is 14.9 Å². The number of nitrogens with one attached hydrogen (secondary N) is 1. The van der Waals surface area contributed by atoms with Gasteiger partial charge in [0.1, 0.15) is 12.1 Å². The average molecular weight is 608 g/mol. The van der Waals surface area contributed by atoms with E-state index in [1.807, 2.05) is 6.92 Å². The molecule has 0 aliphatic rings. The van der Waals surface area contributed by atoms with Crippen LogP contribution in [0.4, 0.5) is 11.7 Å². The molecule has 0 aliphatic carbocycles. The van der Waals surface area contributed by atoms with Crippen molar-refractivity contribution in [2.75, 3.05) is 11.3 Å². The molecule has 0 fully saturated rings. The van der Waals surface area contributed by atoms with Crippen molar-refractivity contribution >= 4 is 33.6 Å². The summed E-state index contributed by atoms with van der Waals surface area (Å²) in [6, 6.07) is 17.7. The number of esters is 1. The Labute approximate surface area is 247 Å². The van der Waals surface area contributed by atoms with Crippen molar-refractivity contribution in [2.24, 2.45) is 0 Å². The normalized spacial score (nSPS) is 11.5. The number of aryl methyl sites for hydroxylation is 1. The fourth-order valence-electron chi connectivity index (χ4n) is 3.89. The Morgan fingerprint density at radius 3 is 2.21 bits per heavy atom. The fraction of sp³-hybridized carbons (Fsp3) is 0.241. The Hall–Kier alpha value is -5.11. The van der Waals surface area contributed by atoms with Gasteiger partial charge in [-0.2, -0.15) is 4.98 Å². The second-order valence-corrected chi connectivity index (χ2v) is 12.3. The molecular formula is C29H29N5O8S. The Morgan fingerprint density at radius 2 is 1.63 bits per heavy atom. The number of nitro benzene ring substituents is 1. The van der Waals surface area contributed by atoms with Crippen LogP contribution >= 0.6 is 0 Å². The SMILES string of the molecule is Cc1ccc(S(=O)(=O)Nc2nc(-c3ccc(CN(CC(=O)OC(C)(C)C)C(=O)c4ccc([N+](=O)[O-])cc4)cc3)no2)cc1. The molecule has 4 aromatic rings. The van der Waals surface area contributed by atoms with Gasteiger partial charge in [-0.1, -0.05) is 47.1 Å². The molecule has 1 heterocycles. The predicted octanol–water partition coefficient (Wildman–Crippen LogP) is 4.74. The van der Waals surface area contributed by atoms with E-state index in [-0.39, 0.29) is 41.1 Å². The van der Waals surface area contributed by atoms with Crippen LogP contribution in [-0.2, 0) is 26.1 Å². The third-order valence-electron chi connectivity index (χ3n) is 5.92. The van der Waals surface area contributed by atoms with E-state index in [1.54, 1.807) is 57.2 Å². The fourth-order valence-corrected chi connectivity index (χ4v) is 4.82. The zero-order chi connectivity index (χ0) is 31.4. The third kappa shape index (κ3) is 8.23. The van der Waals surface area contributed by atoms with E-state index >= 15 is 0 Å². The van der Waals surface area contributed by atoms with Crippen LogP contribution in [0.3, 0.4) is 0 Å². The Kier molecular flexibility index (Phi) is 8.90. The van der Waals surface area contributed by atoms with Crippen LogP contribution < -0.4 is 4.72 Å². The molecule has 0 saturated carbocycles. The molecular weight excluding hydrogens is 578 g/mol. The van der Waals surface area contributed by atoms with Crippen molar-refractivity contribution in [3.05, 3.63) is 99.6 Å². The van der Waals surface area contributed by atoms with E-state index < -0.39 is 32.4 Å². The van der Waals surface area contributed by atoms with E-state index in [1.165, 1.54) is 41.3 Å². The number of amides is 1. The van der Waals surface area contributed by atoms with Gasteiger partial charge in [-0.25, -0.2) is 13.1 Å². The summed E-state index contributed by atoms with van der Waals surface area (Å²) < 4.78 is 38.0. The Morgan fingerprint density at radius 1 is 1.00 bits per heavy atom. The number of carbonyl (C=O) groups excluding carboxylic acids is 2. The molecule has 0 radical (unpaired) electrons. The first kappa shape index (κ1) is 30.8. The molecule has 0 aliphatic heterocycles. The number of ether oxygens (including phenoxy) is 1. The summed E-state index contributed by atoms with van der Waals surface area (Å²) in [6.07, 6.45) is 0. The number of rotatable bonds is 10. The predicted molar refractivity (Wildman–Crippen MR) is 155 cm³/mol. The van der Waals surface area contributed by atoms with Gasteiger partial charge in [-0.05, 0) is 57.5 Å². The minimum atomic E-state index is -3.93. The number of hydrogen-bond donors (Lipinski definition) is 1. The maximum Gasteiger partial charge on any atom is 0.335 e. The summed E-state index contributed by atoms with van der Waals surface area (Å²) in [7, 11) is -3.93. The highest BCUT2D eigenvalue weighted by atomic mass is 32.2. The van der Waals surface area contributed by atoms with Crippen molar-refractivity contribution in [1.29, 1.82) is 0 Å². The van der Waals surface area contributed by atoms with Gasteiger partial charge in [0.25, 0.3) is 21.6 Å². The highest BCUT2D eigenvalue weighted by molar-refractivity contribution is 7.92. The smallest absolute Gasteiger partial charge is 0.335 e. The topological polar surface area (TPSA) is 175 Å². The van der Waals surface area contributed by atoms with Crippen molar-refractivity contribution in [1.82, 2.24) is 15.0 Å². The molecule has 3 aromatic carbocycles. The van der Waals surface area contributed by atoms with Gasteiger partial charge < -0.3 is 14.2 Å². The molecule has 0 spiro atoms. The van der Waals surface area contributed by atoms with Crippen LogP contribution in [-0.4, -0.2) is 52.4 Å². The number of anilines is 1. The van der Waals surface area contributed by atoms with E-state index in [0.717, 1.165) is 5.56 Å². The Balaban J connectivity index is 1.50. The van der Waals surface area contributed by atoms with Gasteiger partial charge in [0.05, 0.1) is 9.82 Å². The minimum absolute atomic E-state index is 0.0171. The van der Waals surface area contributed by atoms with Crippen LogP contribution in [0.2, 0.25) is 0 Å². The monoisotopic (exact) mass is 607 g/mol. The lowest BCUT2D eigenvalue weighted by atomic mass is 10.1. The molecule has 13 nitrogen and oxygen atoms in total. The molecule has 0 bridgehead atoms. The van der Waals surface area contributed by atoms with Crippen LogP contribution in [0.15, 0.2) is 82.2 Å². The zero-order valence-corrected chi connectivity index (χ0v) is 24.6. The zero-order valence-electron chi connectivity index (χ0n) is 23.8. The van der Waals surface area contributed by atoms with Crippen LogP contribution in [0.1, 0.15) is 42.3 Å². The van der Waals surface area contributed by atoms with Gasteiger partial charge in [-0.15, -0.1) is 0 Å². The van der Waals surface area contributed by atoms with E-state index in [4.69, 9.17) is 9.26 Å². The van der Waals surface area contributed by atoms with Crippen LogP contribution in [0.5, 0.6) is 0 Å². The number of aromatic nitrogens is 2.